The van der Waals surface area contributed by atoms with Crippen molar-refractivity contribution in [2.75, 3.05) is 7.11 Å². The largest absolute Gasteiger partial charge is 0.451 e. The molecular formula is C6H12N2O3. The number of hydrogen-bond acceptors (Lipinski definition) is 4. The molecule has 0 fully saturated rings. The summed E-state index contributed by atoms with van der Waals surface area (Å²) < 4.78 is 4.32. The number of hydrogen-bond donors (Lipinski definition) is 0. The molecule has 0 N–H and O–H groups in total. The number of rotatable bonds is 1. The Kier molecular flexibility index (Phi) is 2.98. The lowest BCUT2D eigenvalue weighted by Crippen LogP contribution is -2.41. The third kappa shape index (κ3) is 2.53. The van der Waals surface area contributed by atoms with Crippen LogP contribution in [0.3, 0.4) is 0 Å². The lowest BCUT2D eigenvalue weighted by atomic mass is 10.1. The first-order valence-electron chi connectivity index (χ1n) is 3.15. The minimum atomic E-state index is -0.743. The molecule has 0 saturated carbocycles. The molecule has 5 nitrogen and oxygen atoms in total. The Morgan fingerprint density at radius 3 is 2.00 bits per heavy atom. The summed E-state index contributed by atoms with van der Waals surface area (Å²) in [5.74, 6) is 0. The monoisotopic (exact) mass is 160 g/mol. The molecule has 0 aromatic rings. The highest BCUT2D eigenvalue weighted by Gasteiger charge is 2.28. The summed E-state index contributed by atoms with van der Waals surface area (Å²) in [6, 6.07) is 0. The SMILES string of the molecule is COC(=O)N(N=O)C(C)(C)C. The maximum Gasteiger partial charge on any atom is 0.433 e. The van der Waals surface area contributed by atoms with E-state index in [0.717, 1.165) is 5.01 Å². The van der Waals surface area contributed by atoms with Crippen LogP contribution >= 0.6 is 0 Å². The molecule has 64 valence electrons. The van der Waals surface area contributed by atoms with Gasteiger partial charge in [0.1, 0.15) is 0 Å². The first-order valence-corrected chi connectivity index (χ1v) is 3.15. The first-order chi connectivity index (χ1) is 4.93. The Bertz CT molecular complexity index is 162. The van der Waals surface area contributed by atoms with Gasteiger partial charge in [0.25, 0.3) is 0 Å². The number of ether oxygens (including phenoxy) is 1. The van der Waals surface area contributed by atoms with Gasteiger partial charge in [-0.3, -0.25) is 0 Å². The molecule has 1 amide bonds. The Hall–Kier alpha value is -1.13. The summed E-state index contributed by atoms with van der Waals surface area (Å²) in [6.07, 6.45) is -0.743. The molecule has 0 radical (unpaired) electrons. The van der Waals surface area contributed by atoms with Gasteiger partial charge in [-0.15, -0.1) is 4.91 Å². The third-order valence-electron chi connectivity index (χ3n) is 1.06. The van der Waals surface area contributed by atoms with Crippen LogP contribution < -0.4 is 0 Å². The van der Waals surface area contributed by atoms with Gasteiger partial charge in [0.15, 0.2) is 0 Å². The van der Waals surface area contributed by atoms with Crippen LogP contribution in [0.5, 0.6) is 0 Å². The number of amides is 1. The molecule has 0 spiro atoms. The maximum atomic E-state index is 10.8. The molecule has 0 atom stereocenters. The molecule has 0 aliphatic heterocycles. The van der Waals surface area contributed by atoms with E-state index in [-0.39, 0.29) is 0 Å². The van der Waals surface area contributed by atoms with E-state index in [4.69, 9.17) is 0 Å². The molecule has 0 aliphatic carbocycles. The van der Waals surface area contributed by atoms with Gasteiger partial charge in [-0.1, -0.05) is 0 Å². The number of methoxy groups -OCH3 is 1. The van der Waals surface area contributed by atoms with Crippen LogP contribution in [0.15, 0.2) is 5.29 Å². The van der Waals surface area contributed by atoms with Crippen molar-refractivity contribution in [3.63, 3.8) is 0 Å². The fourth-order valence-electron chi connectivity index (χ4n) is 0.516. The van der Waals surface area contributed by atoms with Crippen molar-refractivity contribution in [2.24, 2.45) is 5.29 Å². The van der Waals surface area contributed by atoms with E-state index in [1.807, 2.05) is 0 Å². The van der Waals surface area contributed by atoms with Crippen LogP contribution in [-0.4, -0.2) is 23.8 Å². The van der Waals surface area contributed by atoms with Crippen molar-refractivity contribution < 1.29 is 9.53 Å². The highest BCUT2D eigenvalue weighted by Crippen LogP contribution is 2.14. The molecule has 0 aromatic heterocycles. The maximum absolute atomic E-state index is 10.8. The van der Waals surface area contributed by atoms with Gasteiger partial charge in [-0.05, 0) is 20.8 Å². The van der Waals surface area contributed by atoms with Crippen molar-refractivity contribution >= 4 is 6.09 Å². The minimum Gasteiger partial charge on any atom is -0.451 e. The lowest BCUT2D eigenvalue weighted by Gasteiger charge is -2.25. The third-order valence-corrected chi connectivity index (χ3v) is 1.06. The van der Waals surface area contributed by atoms with Gasteiger partial charge in [0.2, 0.25) is 0 Å². The zero-order valence-electron chi connectivity index (χ0n) is 7.12. The second-order valence-electron chi connectivity index (χ2n) is 3.03. The Balaban J connectivity index is 4.41. The van der Waals surface area contributed by atoms with E-state index in [0.29, 0.717) is 0 Å². The quantitative estimate of drug-likeness (QED) is 0.431. The molecule has 0 heterocycles. The van der Waals surface area contributed by atoms with Crippen LogP contribution in [0.1, 0.15) is 20.8 Å². The number of nitrogens with zero attached hydrogens (tertiary/aromatic N) is 2. The second-order valence-corrected chi connectivity index (χ2v) is 3.03. The average molecular weight is 160 g/mol. The average Bonchev–Trinajstić information content (AvgIpc) is 1.86. The molecule has 0 unspecified atom stereocenters. The number of nitroso groups, excluding NO2 is 1. The minimum absolute atomic E-state index is 0.630. The van der Waals surface area contributed by atoms with Crippen LogP contribution in [0.4, 0.5) is 4.79 Å². The Morgan fingerprint density at radius 1 is 1.45 bits per heavy atom. The van der Waals surface area contributed by atoms with Crippen molar-refractivity contribution in [3.05, 3.63) is 4.91 Å². The Labute approximate surface area is 65.3 Å². The summed E-state index contributed by atoms with van der Waals surface area (Å²) >= 11 is 0. The number of carbonyl (C=O) groups is 1. The molecule has 0 aromatic carbocycles. The summed E-state index contributed by atoms with van der Waals surface area (Å²) in [5.41, 5.74) is -0.630. The van der Waals surface area contributed by atoms with Crippen molar-refractivity contribution in [3.8, 4) is 0 Å². The van der Waals surface area contributed by atoms with Gasteiger partial charge in [-0.25, -0.2) is 4.79 Å². The van der Waals surface area contributed by atoms with E-state index in [1.165, 1.54) is 7.11 Å². The predicted octanol–water partition coefficient (Wildman–Crippen LogP) is 1.53. The van der Waals surface area contributed by atoms with E-state index in [9.17, 15) is 9.70 Å². The molecule has 0 rings (SSSR count). The fourth-order valence-corrected chi connectivity index (χ4v) is 0.516. The summed E-state index contributed by atoms with van der Waals surface area (Å²) in [6.45, 7) is 5.06. The highest BCUT2D eigenvalue weighted by molar-refractivity contribution is 5.67. The number of carbonyl (C=O) groups excluding carboxylic acids is 1. The second kappa shape index (κ2) is 3.32. The van der Waals surface area contributed by atoms with Gasteiger partial charge in [-0.2, -0.15) is 5.01 Å². The van der Waals surface area contributed by atoms with Crippen LogP contribution in [0.25, 0.3) is 0 Å². The molecular weight excluding hydrogens is 148 g/mol. The molecule has 0 saturated heterocycles. The molecule has 11 heavy (non-hydrogen) atoms. The molecule has 5 heteroatoms. The Morgan fingerprint density at radius 2 is 1.91 bits per heavy atom. The van der Waals surface area contributed by atoms with Gasteiger partial charge in [0, 0.05) is 0 Å². The predicted molar refractivity (Wildman–Crippen MR) is 39.8 cm³/mol. The van der Waals surface area contributed by atoms with Gasteiger partial charge in [0.05, 0.1) is 17.9 Å². The smallest absolute Gasteiger partial charge is 0.433 e. The van der Waals surface area contributed by atoms with Crippen molar-refractivity contribution in [2.45, 2.75) is 26.3 Å². The van der Waals surface area contributed by atoms with Crippen LogP contribution in [-0.2, 0) is 4.74 Å². The van der Waals surface area contributed by atoms with Crippen LogP contribution in [0.2, 0.25) is 0 Å². The van der Waals surface area contributed by atoms with E-state index in [2.05, 4.69) is 10.0 Å². The van der Waals surface area contributed by atoms with Gasteiger partial charge < -0.3 is 4.74 Å². The zero-order valence-corrected chi connectivity index (χ0v) is 7.12. The molecule has 0 bridgehead atoms. The highest BCUT2D eigenvalue weighted by atomic mass is 16.6. The first kappa shape index (κ1) is 9.87. The van der Waals surface area contributed by atoms with Crippen molar-refractivity contribution in [1.82, 2.24) is 5.01 Å². The van der Waals surface area contributed by atoms with Crippen LogP contribution in [0, 0.1) is 4.91 Å². The topological polar surface area (TPSA) is 59.0 Å². The molecule has 0 aliphatic rings. The summed E-state index contributed by atoms with van der Waals surface area (Å²) in [4.78, 5) is 20.9. The van der Waals surface area contributed by atoms with Gasteiger partial charge >= 0.3 is 6.09 Å². The summed E-state index contributed by atoms with van der Waals surface area (Å²) in [7, 11) is 1.20. The standard InChI is InChI=1S/C6H12N2O3/c1-6(2,3)8(7-10)5(9)11-4/h1-4H3. The van der Waals surface area contributed by atoms with E-state index in [1.54, 1.807) is 20.8 Å². The summed E-state index contributed by atoms with van der Waals surface area (Å²) in [5, 5.41) is 3.28. The fraction of sp³-hybridized carbons (Fsp3) is 0.833. The lowest BCUT2D eigenvalue weighted by molar-refractivity contribution is 0.0846. The van der Waals surface area contributed by atoms with E-state index >= 15 is 0 Å². The zero-order chi connectivity index (χ0) is 9.07. The van der Waals surface area contributed by atoms with E-state index < -0.39 is 11.6 Å². The van der Waals surface area contributed by atoms with Crippen molar-refractivity contribution in [1.29, 1.82) is 0 Å². The normalized spacial score (nSPS) is 10.5.